The minimum Gasteiger partial charge on any atom is -0.515 e. The average molecular weight is 300 g/mol. The van der Waals surface area contributed by atoms with Gasteiger partial charge in [0.2, 0.25) is 0 Å². The Morgan fingerprint density at radius 2 is 1.95 bits per heavy atom. The van der Waals surface area contributed by atoms with Gasteiger partial charge in [-0.3, -0.25) is 0 Å². The Hall–Kier alpha value is -2.79. The molecule has 2 aromatic carbocycles. The van der Waals surface area contributed by atoms with Crippen LogP contribution in [0.3, 0.4) is 0 Å². The van der Waals surface area contributed by atoms with Crippen LogP contribution in [-0.2, 0) is 16.1 Å². The minimum absolute atomic E-state index is 0.00332. The van der Waals surface area contributed by atoms with Crippen LogP contribution in [0.1, 0.15) is 11.1 Å². The molecule has 22 heavy (non-hydrogen) atoms. The summed E-state index contributed by atoms with van der Waals surface area (Å²) < 4.78 is 10.4. The Morgan fingerprint density at radius 3 is 2.64 bits per heavy atom. The average Bonchev–Trinajstić information content (AvgIpc) is 2.57. The van der Waals surface area contributed by atoms with Crippen molar-refractivity contribution in [1.82, 2.24) is 0 Å². The second-order valence-electron chi connectivity index (χ2n) is 4.44. The van der Waals surface area contributed by atoms with E-state index in [1.165, 1.54) is 7.11 Å². The summed E-state index contributed by atoms with van der Waals surface area (Å²) in [6.45, 7) is -0.0944. The zero-order chi connectivity index (χ0) is 15.9. The zero-order valence-electron chi connectivity index (χ0n) is 12.0. The third-order valence-electron chi connectivity index (χ3n) is 3.02. The summed E-state index contributed by atoms with van der Waals surface area (Å²) in [5.41, 5.74) is 1.11. The van der Waals surface area contributed by atoms with Gasteiger partial charge in [0, 0.05) is 5.56 Å². The molecule has 5 heteroatoms. The number of ether oxygens (including phenoxy) is 2. The summed E-state index contributed by atoms with van der Waals surface area (Å²) in [6.07, 6.45) is 0.693. The molecule has 0 saturated heterocycles. The maximum Gasteiger partial charge on any atom is 0.341 e. The lowest BCUT2D eigenvalue weighted by molar-refractivity contribution is -0.133. The van der Waals surface area contributed by atoms with Crippen LogP contribution >= 0.6 is 0 Å². The quantitative estimate of drug-likeness (QED) is 0.504. The number of methoxy groups -OCH3 is 1. The molecule has 0 saturated carbocycles. The summed E-state index contributed by atoms with van der Waals surface area (Å²) >= 11 is 0. The van der Waals surface area contributed by atoms with Gasteiger partial charge < -0.3 is 19.7 Å². The highest BCUT2D eigenvalue weighted by Gasteiger charge is 2.17. The van der Waals surface area contributed by atoms with Gasteiger partial charge in [0.15, 0.2) is 0 Å². The lowest BCUT2D eigenvalue weighted by Gasteiger charge is -2.12. The molecule has 2 rings (SSSR count). The van der Waals surface area contributed by atoms with E-state index in [-0.39, 0.29) is 12.2 Å². The van der Waals surface area contributed by atoms with E-state index in [4.69, 9.17) is 9.84 Å². The molecule has 0 spiro atoms. The molecule has 2 N–H and O–H groups in total. The molecule has 0 radical (unpaired) electrons. The molecule has 0 fully saturated rings. The summed E-state index contributed by atoms with van der Waals surface area (Å²) in [4.78, 5) is 11.7. The number of esters is 1. The summed E-state index contributed by atoms with van der Waals surface area (Å²) in [6, 6.07) is 13.7. The SMILES string of the molecule is COC(=O)C(=CO)c1ccccc1Oc1cccc(CO)c1. The highest BCUT2D eigenvalue weighted by molar-refractivity contribution is 6.16. The molecular formula is C17H16O5. The maximum atomic E-state index is 11.7. The summed E-state index contributed by atoms with van der Waals surface area (Å²) in [5.74, 6) is 0.243. The van der Waals surface area contributed by atoms with Gasteiger partial charge in [-0.1, -0.05) is 30.3 Å². The van der Waals surface area contributed by atoms with Crippen LogP contribution in [0, 0.1) is 0 Å². The van der Waals surface area contributed by atoms with Gasteiger partial charge in [0.1, 0.15) is 17.1 Å². The molecule has 0 aliphatic carbocycles. The van der Waals surface area contributed by atoms with E-state index in [9.17, 15) is 9.90 Å². The minimum atomic E-state index is -0.664. The number of aliphatic hydroxyl groups excluding tert-OH is 2. The number of aliphatic hydroxyl groups is 2. The van der Waals surface area contributed by atoms with Crippen molar-refractivity contribution in [3.8, 4) is 11.5 Å². The van der Waals surface area contributed by atoms with E-state index in [0.717, 1.165) is 0 Å². The van der Waals surface area contributed by atoms with Crippen molar-refractivity contribution in [2.45, 2.75) is 6.61 Å². The largest absolute Gasteiger partial charge is 0.515 e. The van der Waals surface area contributed by atoms with Gasteiger partial charge in [-0.05, 0) is 23.8 Å². The van der Waals surface area contributed by atoms with E-state index >= 15 is 0 Å². The van der Waals surface area contributed by atoms with Crippen LogP contribution in [0.2, 0.25) is 0 Å². The van der Waals surface area contributed by atoms with Gasteiger partial charge in [-0.25, -0.2) is 4.79 Å². The first kappa shape index (κ1) is 15.6. The number of carbonyl (C=O) groups is 1. The number of carbonyl (C=O) groups excluding carboxylic acids is 1. The van der Waals surface area contributed by atoms with Crippen LogP contribution in [0.25, 0.3) is 5.57 Å². The van der Waals surface area contributed by atoms with Crippen molar-refractivity contribution < 1.29 is 24.5 Å². The monoisotopic (exact) mass is 300 g/mol. The Balaban J connectivity index is 2.38. The van der Waals surface area contributed by atoms with Crippen molar-refractivity contribution in [2.24, 2.45) is 0 Å². The number of hydrogen-bond donors (Lipinski definition) is 2. The smallest absolute Gasteiger partial charge is 0.341 e. The van der Waals surface area contributed by atoms with Crippen molar-refractivity contribution in [1.29, 1.82) is 0 Å². The fraction of sp³-hybridized carbons (Fsp3) is 0.118. The number of hydrogen-bond acceptors (Lipinski definition) is 5. The van der Waals surface area contributed by atoms with Crippen molar-refractivity contribution in [2.75, 3.05) is 7.11 Å². The van der Waals surface area contributed by atoms with Crippen LogP contribution < -0.4 is 4.74 Å². The first-order valence-corrected chi connectivity index (χ1v) is 6.59. The van der Waals surface area contributed by atoms with Crippen LogP contribution in [-0.4, -0.2) is 23.3 Å². The predicted octanol–water partition coefficient (Wildman–Crippen LogP) is 3.04. The topological polar surface area (TPSA) is 76.0 Å². The lowest BCUT2D eigenvalue weighted by Crippen LogP contribution is -2.05. The first-order chi connectivity index (χ1) is 10.7. The second-order valence-corrected chi connectivity index (χ2v) is 4.44. The molecule has 0 aliphatic heterocycles. The van der Waals surface area contributed by atoms with Crippen molar-refractivity contribution in [3.05, 3.63) is 65.9 Å². The third-order valence-corrected chi connectivity index (χ3v) is 3.02. The van der Waals surface area contributed by atoms with Gasteiger partial charge in [-0.15, -0.1) is 0 Å². The number of benzene rings is 2. The third kappa shape index (κ3) is 3.45. The van der Waals surface area contributed by atoms with Crippen LogP contribution in [0.4, 0.5) is 0 Å². The van der Waals surface area contributed by atoms with Crippen LogP contribution in [0.5, 0.6) is 11.5 Å². The fourth-order valence-corrected chi connectivity index (χ4v) is 1.95. The predicted molar refractivity (Wildman–Crippen MR) is 81.5 cm³/mol. The Labute approximate surface area is 128 Å². The molecule has 0 heterocycles. The summed E-state index contributed by atoms with van der Waals surface area (Å²) in [5, 5.41) is 18.5. The van der Waals surface area contributed by atoms with Crippen molar-refractivity contribution >= 4 is 11.5 Å². The summed E-state index contributed by atoms with van der Waals surface area (Å²) in [7, 11) is 1.24. The normalized spacial score (nSPS) is 11.1. The van der Waals surface area contributed by atoms with E-state index in [1.807, 2.05) is 0 Å². The van der Waals surface area contributed by atoms with Crippen LogP contribution in [0.15, 0.2) is 54.8 Å². The van der Waals surface area contributed by atoms with Gasteiger partial charge >= 0.3 is 5.97 Å². The molecular weight excluding hydrogens is 284 g/mol. The highest BCUT2D eigenvalue weighted by Crippen LogP contribution is 2.31. The fourth-order valence-electron chi connectivity index (χ4n) is 1.95. The van der Waals surface area contributed by atoms with Gasteiger partial charge in [0.25, 0.3) is 0 Å². The number of para-hydroxylation sites is 1. The Morgan fingerprint density at radius 1 is 1.18 bits per heavy atom. The molecule has 2 aromatic rings. The second kappa shape index (κ2) is 7.28. The standard InChI is InChI=1S/C17H16O5/c1-21-17(20)15(11-19)14-7-2-3-8-16(14)22-13-6-4-5-12(9-13)10-18/h2-9,11,18-19H,10H2,1H3. The highest BCUT2D eigenvalue weighted by atomic mass is 16.5. The van der Waals surface area contributed by atoms with Crippen molar-refractivity contribution in [3.63, 3.8) is 0 Å². The maximum absolute atomic E-state index is 11.7. The molecule has 5 nitrogen and oxygen atoms in total. The van der Waals surface area contributed by atoms with Gasteiger partial charge in [-0.2, -0.15) is 0 Å². The molecule has 0 unspecified atom stereocenters. The van der Waals surface area contributed by atoms with E-state index in [1.54, 1.807) is 48.5 Å². The molecule has 0 atom stereocenters. The lowest BCUT2D eigenvalue weighted by atomic mass is 10.1. The zero-order valence-corrected chi connectivity index (χ0v) is 12.0. The first-order valence-electron chi connectivity index (χ1n) is 6.59. The van der Waals surface area contributed by atoms with E-state index < -0.39 is 5.97 Å². The number of rotatable bonds is 5. The molecule has 0 bridgehead atoms. The molecule has 0 aliphatic rings. The molecule has 0 amide bonds. The Bertz CT molecular complexity index is 691. The van der Waals surface area contributed by atoms with E-state index in [0.29, 0.717) is 28.9 Å². The Kier molecular flexibility index (Phi) is 5.16. The van der Waals surface area contributed by atoms with E-state index in [2.05, 4.69) is 4.74 Å². The molecule has 114 valence electrons. The molecule has 0 aromatic heterocycles. The van der Waals surface area contributed by atoms with Gasteiger partial charge in [0.05, 0.1) is 20.0 Å².